The highest BCUT2D eigenvalue weighted by molar-refractivity contribution is 5.39. The fraction of sp³-hybridized carbons (Fsp3) is 0.750. The summed E-state index contributed by atoms with van der Waals surface area (Å²) in [7, 11) is 1.68. The lowest BCUT2D eigenvalue weighted by Gasteiger charge is -2.30. The molecule has 0 saturated heterocycles. The zero-order chi connectivity index (χ0) is 13.3. The fourth-order valence-electron chi connectivity index (χ4n) is 2.64. The molecule has 0 amide bonds. The van der Waals surface area contributed by atoms with Crippen molar-refractivity contribution in [2.75, 3.05) is 5.73 Å². The van der Waals surface area contributed by atoms with Crippen LogP contribution in [0.25, 0.3) is 0 Å². The molecule has 102 valence electrons. The van der Waals surface area contributed by atoms with Crippen LogP contribution in [-0.2, 0) is 7.05 Å². The average molecular weight is 259 g/mol. The second-order valence-electron chi connectivity index (χ2n) is 5.18. The van der Waals surface area contributed by atoms with Gasteiger partial charge in [0.15, 0.2) is 0 Å². The van der Waals surface area contributed by atoms with Gasteiger partial charge in [-0.25, -0.2) is 8.78 Å². The highest BCUT2D eigenvalue weighted by Gasteiger charge is 2.37. The molecule has 0 bridgehead atoms. The maximum Gasteiger partial charge on any atom is 0.248 e. The lowest BCUT2D eigenvalue weighted by Crippen LogP contribution is -2.27. The molecule has 18 heavy (non-hydrogen) atoms. The van der Waals surface area contributed by atoms with Crippen molar-refractivity contribution in [1.29, 1.82) is 0 Å². The van der Waals surface area contributed by atoms with E-state index in [0.29, 0.717) is 24.2 Å². The van der Waals surface area contributed by atoms with Gasteiger partial charge >= 0.3 is 0 Å². The van der Waals surface area contributed by atoms with Crippen molar-refractivity contribution in [3.63, 3.8) is 0 Å². The molecule has 0 spiro atoms. The second-order valence-corrected chi connectivity index (χ2v) is 5.18. The molecule has 1 fully saturated rings. The van der Waals surface area contributed by atoms with E-state index >= 15 is 0 Å². The lowest BCUT2D eigenvalue weighted by molar-refractivity contribution is -0.0590. The molecule has 2 atom stereocenters. The third-order valence-electron chi connectivity index (χ3n) is 3.67. The fourth-order valence-corrected chi connectivity index (χ4v) is 2.64. The number of rotatable bonds is 3. The van der Waals surface area contributed by atoms with Gasteiger partial charge in [0.1, 0.15) is 5.82 Å². The monoisotopic (exact) mass is 259 g/mol. The standard InChI is InChI=1S/C12H19F2N3O/c1-17-11(15)9(7-16-17)10(18)5-8-3-2-4-12(13,14)6-8/h7-8,10,18H,2-6,15H2,1H3. The van der Waals surface area contributed by atoms with Crippen molar-refractivity contribution < 1.29 is 13.9 Å². The normalized spacial score (nSPS) is 25.0. The van der Waals surface area contributed by atoms with Crippen molar-refractivity contribution in [1.82, 2.24) is 9.78 Å². The average Bonchev–Trinajstić information content (AvgIpc) is 2.58. The zero-order valence-corrected chi connectivity index (χ0v) is 10.4. The van der Waals surface area contributed by atoms with Gasteiger partial charge in [-0.1, -0.05) is 0 Å². The molecule has 2 rings (SSSR count). The summed E-state index contributed by atoms with van der Waals surface area (Å²) in [6, 6.07) is 0. The highest BCUT2D eigenvalue weighted by Crippen LogP contribution is 2.40. The first kappa shape index (κ1) is 13.3. The maximum atomic E-state index is 13.3. The van der Waals surface area contributed by atoms with E-state index in [4.69, 9.17) is 5.73 Å². The molecule has 0 aromatic carbocycles. The van der Waals surface area contributed by atoms with Crippen LogP contribution in [0.3, 0.4) is 0 Å². The highest BCUT2D eigenvalue weighted by atomic mass is 19.3. The van der Waals surface area contributed by atoms with E-state index < -0.39 is 12.0 Å². The summed E-state index contributed by atoms with van der Waals surface area (Å²) in [6.45, 7) is 0. The van der Waals surface area contributed by atoms with Gasteiger partial charge in [0.05, 0.1) is 12.3 Å². The summed E-state index contributed by atoms with van der Waals surface area (Å²) in [5, 5.41) is 14.0. The Hall–Kier alpha value is -1.17. The minimum atomic E-state index is -2.58. The Labute approximate surface area is 105 Å². The summed E-state index contributed by atoms with van der Waals surface area (Å²) in [5.74, 6) is -2.34. The number of aliphatic hydroxyl groups excluding tert-OH is 1. The molecule has 1 aliphatic rings. The van der Waals surface area contributed by atoms with Gasteiger partial charge in [0.2, 0.25) is 5.92 Å². The quantitative estimate of drug-likeness (QED) is 0.875. The molecule has 0 radical (unpaired) electrons. The van der Waals surface area contributed by atoms with Crippen LogP contribution in [0.1, 0.15) is 43.8 Å². The maximum absolute atomic E-state index is 13.3. The third-order valence-corrected chi connectivity index (χ3v) is 3.67. The van der Waals surface area contributed by atoms with Crippen LogP contribution in [0.15, 0.2) is 6.20 Å². The van der Waals surface area contributed by atoms with Gasteiger partial charge in [-0.2, -0.15) is 5.10 Å². The van der Waals surface area contributed by atoms with Gasteiger partial charge in [-0.15, -0.1) is 0 Å². The smallest absolute Gasteiger partial charge is 0.248 e. The van der Waals surface area contributed by atoms with Crippen LogP contribution in [0.4, 0.5) is 14.6 Å². The zero-order valence-electron chi connectivity index (χ0n) is 10.4. The molecule has 3 N–H and O–H groups in total. The van der Waals surface area contributed by atoms with Crippen molar-refractivity contribution in [3.8, 4) is 0 Å². The minimum Gasteiger partial charge on any atom is -0.388 e. The Kier molecular flexibility index (Phi) is 3.56. The molecular weight excluding hydrogens is 240 g/mol. The van der Waals surface area contributed by atoms with Crippen LogP contribution >= 0.6 is 0 Å². The Bertz CT molecular complexity index is 419. The van der Waals surface area contributed by atoms with Crippen molar-refractivity contribution in [2.45, 2.75) is 44.1 Å². The number of halogens is 2. The number of anilines is 1. The summed E-state index contributed by atoms with van der Waals surface area (Å²) < 4.78 is 28.0. The number of aromatic nitrogens is 2. The van der Waals surface area contributed by atoms with E-state index in [0.717, 1.165) is 6.42 Å². The summed E-state index contributed by atoms with van der Waals surface area (Å²) >= 11 is 0. The number of aryl methyl sites for hydroxylation is 1. The number of alkyl halides is 2. The predicted octanol–water partition coefficient (Wildman–Crippen LogP) is 2.25. The Morgan fingerprint density at radius 1 is 1.67 bits per heavy atom. The number of hydrogen-bond acceptors (Lipinski definition) is 3. The Balaban J connectivity index is 1.99. The first-order valence-corrected chi connectivity index (χ1v) is 6.22. The van der Waals surface area contributed by atoms with E-state index in [1.807, 2.05) is 0 Å². The molecule has 6 heteroatoms. The SMILES string of the molecule is Cn1ncc(C(O)CC2CCCC(F)(F)C2)c1N. The largest absolute Gasteiger partial charge is 0.388 e. The minimum absolute atomic E-state index is 0.0331. The first-order valence-electron chi connectivity index (χ1n) is 6.22. The number of nitrogens with two attached hydrogens (primary N) is 1. The number of nitrogens with zero attached hydrogens (tertiary/aromatic N) is 2. The Morgan fingerprint density at radius 2 is 2.39 bits per heavy atom. The lowest BCUT2D eigenvalue weighted by atomic mass is 9.82. The second kappa shape index (κ2) is 4.84. The molecular formula is C12H19F2N3O. The van der Waals surface area contributed by atoms with Crippen LogP contribution in [0, 0.1) is 5.92 Å². The van der Waals surface area contributed by atoms with Crippen molar-refractivity contribution in [3.05, 3.63) is 11.8 Å². The molecule has 1 aromatic heterocycles. The van der Waals surface area contributed by atoms with Crippen LogP contribution < -0.4 is 5.73 Å². The molecule has 0 aliphatic heterocycles. The molecule has 2 unspecified atom stereocenters. The molecule has 4 nitrogen and oxygen atoms in total. The third kappa shape index (κ3) is 2.80. The van der Waals surface area contributed by atoms with Gasteiger partial charge in [0.25, 0.3) is 0 Å². The number of hydrogen-bond donors (Lipinski definition) is 2. The summed E-state index contributed by atoms with van der Waals surface area (Å²) in [4.78, 5) is 0. The van der Waals surface area contributed by atoms with E-state index in [2.05, 4.69) is 5.10 Å². The number of nitrogen functional groups attached to an aromatic ring is 1. The van der Waals surface area contributed by atoms with Gasteiger partial charge in [0, 0.05) is 25.5 Å². The van der Waals surface area contributed by atoms with Crippen LogP contribution in [0.2, 0.25) is 0 Å². The van der Waals surface area contributed by atoms with Crippen molar-refractivity contribution in [2.24, 2.45) is 13.0 Å². The molecule has 1 aromatic rings. The van der Waals surface area contributed by atoms with E-state index in [1.165, 1.54) is 10.9 Å². The predicted molar refractivity (Wildman–Crippen MR) is 64.1 cm³/mol. The van der Waals surface area contributed by atoms with Crippen LogP contribution in [-0.4, -0.2) is 20.8 Å². The summed E-state index contributed by atoms with van der Waals surface area (Å²) in [5.41, 5.74) is 6.29. The van der Waals surface area contributed by atoms with E-state index in [1.54, 1.807) is 7.05 Å². The van der Waals surface area contributed by atoms with Gasteiger partial charge in [-0.3, -0.25) is 4.68 Å². The van der Waals surface area contributed by atoms with Crippen molar-refractivity contribution >= 4 is 5.82 Å². The molecule has 1 aliphatic carbocycles. The Morgan fingerprint density at radius 3 is 2.94 bits per heavy atom. The van der Waals surface area contributed by atoms with Crippen LogP contribution in [0.5, 0.6) is 0 Å². The molecule has 1 saturated carbocycles. The van der Waals surface area contributed by atoms with E-state index in [9.17, 15) is 13.9 Å². The van der Waals surface area contributed by atoms with E-state index in [-0.39, 0.29) is 18.8 Å². The summed E-state index contributed by atoms with van der Waals surface area (Å²) in [6.07, 6.45) is 2.11. The first-order chi connectivity index (χ1) is 8.39. The van der Waals surface area contributed by atoms with Gasteiger partial charge in [-0.05, 0) is 25.2 Å². The topological polar surface area (TPSA) is 64.1 Å². The van der Waals surface area contributed by atoms with Gasteiger partial charge < -0.3 is 10.8 Å². The number of aliphatic hydroxyl groups is 1. The molecule has 1 heterocycles.